The van der Waals surface area contributed by atoms with Gasteiger partial charge in [-0.2, -0.15) is 0 Å². The molecule has 1 aromatic rings. The van der Waals surface area contributed by atoms with Crippen molar-refractivity contribution in [2.24, 2.45) is 9.98 Å². The third-order valence-electron chi connectivity index (χ3n) is 6.76. The number of rotatable bonds is 19. The number of carbonyl (C=O) groups is 1. The van der Waals surface area contributed by atoms with Crippen LogP contribution in [0.4, 0.5) is 10.1 Å². The number of nitrogens with zero attached hydrogens (tertiary/aromatic N) is 3. The summed E-state index contributed by atoms with van der Waals surface area (Å²) in [7, 11) is 0. The van der Waals surface area contributed by atoms with Gasteiger partial charge in [-0.3, -0.25) is 14.8 Å². The van der Waals surface area contributed by atoms with E-state index in [1.165, 1.54) is 12.1 Å². The van der Waals surface area contributed by atoms with Crippen LogP contribution in [0.25, 0.3) is 0 Å². The molecule has 42 heavy (non-hydrogen) atoms. The van der Waals surface area contributed by atoms with Crippen molar-refractivity contribution in [3.05, 3.63) is 103 Å². The lowest BCUT2D eigenvalue weighted by Gasteiger charge is -2.29. The number of aliphatic imine (C=N–C) groups is 2. The molecule has 0 aromatic heterocycles. The van der Waals surface area contributed by atoms with Gasteiger partial charge in [0.1, 0.15) is 5.82 Å². The van der Waals surface area contributed by atoms with E-state index in [0.29, 0.717) is 18.7 Å². The summed E-state index contributed by atoms with van der Waals surface area (Å²) in [4.78, 5) is 24.5. The summed E-state index contributed by atoms with van der Waals surface area (Å²) in [5.41, 5.74) is 3.96. The van der Waals surface area contributed by atoms with Gasteiger partial charge in [-0.15, -0.1) is 0 Å². The molecule has 0 fully saturated rings. The van der Waals surface area contributed by atoms with Gasteiger partial charge in [0.2, 0.25) is 0 Å². The van der Waals surface area contributed by atoms with Crippen LogP contribution in [0.2, 0.25) is 0 Å². The largest absolute Gasteiger partial charge is 0.393 e. The molecule has 0 saturated heterocycles. The molecule has 0 bridgehead atoms. The average molecular weight is 577 g/mol. The van der Waals surface area contributed by atoms with Gasteiger partial charge in [0.25, 0.3) is 5.91 Å². The number of carbonyl (C=O) groups excluding carboxylic acids is 1. The summed E-state index contributed by atoms with van der Waals surface area (Å²) < 4.78 is 13.3. The number of halogens is 1. The Hall–Kier alpha value is -3.84. The predicted molar refractivity (Wildman–Crippen MR) is 178 cm³/mol. The normalized spacial score (nSPS) is 14.7. The van der Waals surface area contributed by atoms with Gasteiger partial charge in [0.15, 0.2) is 0 Å². The van der Waals surface area contributed by atoms with Crippen molar-refractivity contribution in [2.75, 3.05) is 18.4 Å². The van der Waals surface area contributed by atoms with Gasteiger partial charge in [0, 0.05) is 54.7 Å². The molecule has 0 heterocycles. The number of aliphatic hydroxyl groups is 1. The van der Waals surface area contributed by atoms with E-state index in [0.717, 1.165) is 54.6 Å². The van der Waals surface area contributed by atoms with Crippen molar-refractivity contribution >= 4 is 23.5 Å². The van der Waals surface area contributed by atoms with E-state index in [-0.39, 0.29) is 23.9 Å². The van der Waals surface area contributed by atoms with Crippen molar-refractivity contribution in [3.8, 4) is 0 Å². The molecule has 2 unspecified atom stereocenters. The van der Waals surface area contributed by atoms with Gasteiger partial charge in [-0.25, -0.2) is 4.39 Å². The fourth-order valence-corrected chi connectivity index (χ4v) is 4.00. The predicted octanol–water partition coefficient (Wildman–Crippen LogP) is 7.98. The highest BCUT2D eigenvalue weighted by atomic mass is 19.1. The zero-order valence-electron chi connectivity index (χ0n) is 26.0. The van der Waals surface area contributed by atoms with Gasteiger partial charge >= 0.3 is 0 Å². The first-order chi connectivity index (χ1) is 20.1. The number of anilines is 1. The minimum Gasteiger partial charge on any atom is -0.393 e. The zero-order valence-corrected chi connectivity index (χ0v) is 26.0. The Kier molecular flexibility index (Phi) is 18.0. The van der Waals surface area contributed by atoms with Crippen LogP contribution in [0.1, 0.15) is 66.7 Å². The van der Waals surface area contributed by atoms with Gasteiger partial charge in [-0.05, 0) is 107 Å². The fourth-order valence-electron chi connectivity index (χ4n) is 4.00. The molecule has 1 rings (SSSR count). The Balaban J connectivity index is 3.15. The lowest BCUT2D eigenvalue weighted by Crippen LogP contribution is -2.41. The van der Waals surface area contributed by atoms with E-state index in [2.05, 4.69) is 28.5 Å². The van der Waals surface area contributed by atoms with Crippen LogP contribution in [-0.4, -0.2) is 53.1 Å². The summed E-state index contributed by atoms with van der Waals surface area (Å²) in [6, 6.07) is 6.17. The van der Waals surface area contributed by atoms with Crippen LogP contribution in [0.5, 0.6) is 0 Å². The molecule has 2 N–H and O–H groups in total. The van der Waals surface area contributed by atoms with E-state index >= 15 is 0 Å². The maximum Gasteiger partial charge on any atom is 0.254 e. The minimum absolute atomic E-state index is 0.00754. The lowest BCUT2D eigenvalue weighted by molar-refractivity contribution is -0.128. The van der Waals surface area contributed by atoms with Crippen molar-refractivity contribution < 1.29 is 14.3 Å². The Morgan fingerprint density at radius 1 is 1.12 bits per heavy atom. The second-order valence-electron chi connectivity index (χ2n) is 10.2. The second kappa shape index (κ2) is 20.9. The monoisotopic (exact) mass is 576 g/mol. The van der Waals surface area contributed by atoms with Crippen LogP contribution in [-0.2, 0) is 4.79 Å². The Bertz CT molecular complexity index is 1170. The van der Waals surface area contributed by atoms with E-state index in [1.807, 2.05) is 38.8 Å². The molecule has 0 aliphatic heterocycles. The van der Waals surface area contributed by atoms with Gasteiger partial charge in [-0.1, -0.05) is 38.7 Å². The van der Waals surface area contributed by atoms with E-state index < -0.39 is 0 Å². The number of allylic oxidation sites excluding steroid dienone is 6. The third kappa shape index (κ3) is 14.2. The van der Waals surface area contributed by atoms with Crippen molar-refractivity contribution in [2.45, 2.75) is 78.9 Å². The standard InChI is InChI=1S/C35H49FN4O2/c1-8-27(4)34(10-3)30(7)38-23-14-16-31(21-24-37-22-13-11-12-15-29(6)41)35(42)40(28(5)9-2)26-25-39-33-19-17-32(36)18-20-33/h8,10,14,16-24,28-29,39,41H,1,3,9,11-13,15,25-26H2,2,4-7H3/b23-14+,24-21+,31-16+,34-27+,37-22+,38-30+. The summed E-state index contributed by atoms with van der Waals surface area (Å²) in [5.74, 6) is -0.408. The van der Waals surface area contributed by atoms with Crippen LogP contribution in [0.3, 0.4) is 0 Å². The highest BCUT2D eigenvalue weighted by Crippen LogP contribution is 2.14. The number of hydrogen-bond acceptors (Lipinski definition) is 5. The Labute approximate surface area is 252 Å². The second-order valence-corrected chi connectivity index (χ2v) is 10.2. The summed E-state index contributed by atoms with van der Waals surface area (Å²) in [5, 5.41) is 12.7. The molecule has 6 nitrogen and oxygen atoms in total. The molecule has 0 radical (unpaired) electrons. The highest BCUT2D eigenvalue weighted by Gasteiger charge is 2.20. The molecular weight excluding hydrogens is 527 g/mol. The molecule has 1 aromatic carbocycles. The van der Waals surface area contributed by atoms with Crippen molar-refractivity contribution in [1.82, 2.24) is 4.90 Å². The molecule has 0 aliphatic carbocycles. The number of unbranched alkanes of at least 4 members (excludes halogenated alkanes) is 2. The van der Waals surface area contributed by atoms with Crippen LogP contribution >= 0.6 is 0 Å². The smallest absolute Gasteiger partial charge is 0.254 e. The summed E-state index contributed by atoms with van der Waals surface area (Å²) in [6.07, 6.45) is 17.8. The van der Waals surface area contributed by atoms with Crippen LogP contribution < -0.4 is 5.32 Å². The van der Waals surface area contributed by atoms with Gasteiger partial charge in [0.05, 0.1) is 6.10 Å². The minimum atomic E-state index is -0.291. The fraction of sp³-hybridized carbons (Fsp3) is 0.400. The SMILES string of the molecule is C=C/C(C)=C(C=C)/C(C)=N/C=C/C=C(\C=C\N=C\CCCCC(C)O)C(=O)N(CCNc1ccc(F)cc1)C(C)CC. The van der Waals surface area contributed by atoms with E-state index in [4.69, 9.17) is 0 Å². The summed E-state index contributed by atoms with van der Waals surface area (Å²) in [6.45, 7) is 18.4. The number of aliphatic hydroxyl groups excluding tert-OH is 1. The van der Waals surface area contributed by atoms with Gasteiger partial charge < -0.3 is 15.3 Å². The summed E-state index contributed by atoms with van der Waals surface area (Å²) >= 11 is 0. The first-order valence-electron chi connectivity index (χ1n) is 14.7. The van der Waals surface area contributed by atoms with E-state index in [9.17, 15) is 14.3 Å². The molecule has 0 saturated carbocycles. The maximum absolute atomic E-state index is 13.8. The number of benzene rings is 1. The third-order valence-corrected chi connectivity index (χ3v) is 6.76. The molecule has 228 valence electrons. The number of amides is 1. The molecule has 2 atom stereocenters. The quantitative estimate of drug-likeness (QED) is 0.0759. The topological polar surface area (TPSA) is 77.3 Å². The van der Waals surface area contributed by atoms with Crippen LogP contribution in [0, 0.1) is 5.82 Å². The molecule has 0 spiro atoms. The van der Waals surface area contributed by atoms with Crippen molar-refractivity contribution in [3.63, 3.8) is 0 Å². The Morgan fingerprint density at radius 3 is 2.45 bits per heavy atom. The Morgan fingerprint density at radius 2 is 1.83 bits per heavy atom. The van der Waals surface area contributed by atoms with E-state index in [1.54, 1.807) is 61.8 Å². The van der Waals surface area contributed by atoms with Crippen molar-refractivity contribution in [1.29, 1.82) is 0 Å². The molecule has 1 amide bonds. The molecular formula is C35H49FN4O2. The highest BCUT2D eigenvalue weighted by molar-refractivity contribution is 6.02. The first kappa shape index (κ1) is 36.2. The average Bonchev–Trinajstić information content (AvgIpc) is 2.97. The molecule has 7 heteroatoms. The van der Waals surface area contributed by atoms with Crippen LogP contribution in [0.15, 0.2) is 107 Å². The number of nitrogens with one attached hydrogen (secondary N) is 1. The molecule has 0 aliphatic rings. The zero-order chi connectivity index (χ0) is 31.3. The lowest BCUT2D eigenvalue weighted by atomic mass is 10.1. The maximum atomic E-state index is 13.8. The first-order valence-corrected chi connectivity index (χ1v) is 14.7. The number of hydrogen-bond donors (Lipinski definition) is 2.